The summed E-state index contributed by atoms with van der Waals surface area (Å²) in [6, 6.07) is 13.4. The summed E-state index contributed by atoms with van der Waals surface area (Å²) in [5.41, 5.74) is 1.89. The predicted molar refractivity (Wildman–Crippen MR) is 106 cm³/mol. The molecule has 0 aliphatic carbocycles. The lowest BCUT2D eigenvalue weighted by Gasteiger charge is -2.03. The van der Waals surface area contributed by atoms with Crippen molar-refractivity contribution in [2.45, 2.75) is 0 Å². The van der Waals surface area contributed by atoms with Crippen LogP contribution in [-0.4, -0.2) is 37.2 Å². The SMILES string of the molecule is COC(=O)c1ccc(/C=C2\SC(=Nc3ccccc3C(=O)OC)NC2=O)cc1. The first-order valence-corrected chi connectivity index (χ1v) is 8.99. The van der Waals surface area contributed by atoms with Crippen LogP contribution < -0.4 is 5.32 Å². The molecule has 7 nitrogen and oxygen atoms in total. The van der Waals surface area contributed by atoms with Crippen molar-refractivity contribution in [1.29, 1.82) is 0 Å². The number of nitrogens with zero attached hydrogens (tertiary/aromatic N) is 1. The lowest BCUT2D eigenvalue weighted by Crippen LogP contribution is -2.19. The van der Waals surface area contributed by atoms with Gasteiger partial charge in [0.2, 0.25) is 0 Å². The molecule has 0 atom stereocenters. The molecule has 28 heavy (non-hydrogen) atoms. The third kappa shape index (κ3) is 4.29. The van der Waals surface area contributed by atoms with Gasteiger partial charge < -0.3 is 14.8 Å². The molecule has 0 bridgehead atoms. The average Bonchev–Trinajstić information content (AvgIpc) is 3.06. The topological polar surface area (TPSA) is 94.1 Å². The fraction of sp³-hybridized carbons (Fsp3) is 0.100. The van der Waals surface area contributed by atoms with Crippen LogP contribution >= 0.6 is 11.8 Å². The maximum atomic E-state index is 12.2. The number of aliphatic imine (C=N–C) groups is 1. The summed E-state index contributed by atoms with van der Waals surface area (Å²) < 4.78 is 9.41. The van der Waals surface area contributed by atoms with Crippen LogP contribution in [0.4, 0.5) is 5.69 Å². The molecule has 2 aromatic carbocycles. The molecular formula is C20H16N2O5S. The lowest BCUT2D eigenvalue weighted by atomic mass is 10.1. The van der Waals surface area contributed by atoms with E-state index in [0.29, 0.717) is 26.9 Å². The Morgan fingerprint density at radius 3 is 2.36 bits per heavy atom. The molecule has 1 N–H and O–H groups in total. The minimum Gasteiger partial charge on any atom is -0.465 e. The van der Waals surface area contributed by atoms with Crippen LogP contribution in [0.1, 0.15) is 26.3 Å². The van der Waals surface area contributed by atoms with E-state index in [1.807, 2.05) is 0 Å². The van der Waals surface area contributed by atoms with Gasteiger partial charge in [0.15, 0.2) is 5.17 Å². The van der Waals surface area contributed by atoms with E-state index in [0.717, 1.165) is 17.3 Å². The number of carbonyl (C=O) groups excluding carboxylic acids is 3. The number of ether oxygens (including phenoxy) is 2. The number of esters is 2. The lowest BCUT2D eigenvalue weighted by molar-refractivity contribution is -0.115. The second-order valence-electron chi connectivity index (χ2n) is 5.60. The highest BCUT2D eigenvalue weighted by Gasteiger charge is 2.24. The molecule has 1 aliphatic heterocycles. The van der Waals surface area contributed by atoms with Gasteiger partial charge in [-0.25, -0.2) is 14.6 Å². The van der Waals surface area contributed by atoms with Crippen LogP contribution in [0.3, 0.4) is 0 Å². The minimum atomic E-state index is -0.504. The zero-order valence-corrected chi connectivity index (χ0v) is 15.9. The molecule has 1 saturated heterocycles. The van der Waals surface area contributed by atoms with Gasteiger partial charge >= 0.3 is 11.9 Å². The summed E-state index contributed by atoms with van der Waals surface area (Å²) in [6.45, 7) is 0. The van der Waals surface area contributed by atoms with Crippen LogP contribution in [-0.2, 0) is 14.3 Å². The van der Waals surface area contributed by atoms with Crippen molar-refractivity contribution in [1.82, 2.24) is 5.32 Å². The Balaban J connectivity index is 1.82. The minimum absolute atomic E-state index is 0.295. The van der Waals surface area contributed by atoms with Gasteiger partial charge in [-0.2, -0.15) is 0 Å². The maximum absolute atomic E-state index is 12.2. The monoisotopic (exact) mass is 396 g/mol. The van der Waals surface area contributed by atoms with Gasteiger partial charge in [0.05, 0.1) is 35.9 Å². The van der Waals surface area contributed by atoms with E-state index in [2.05, 4.69) is 15.0 Å². The first-order valence-electron chi connectivity index (χ1n) is 8.17. The molecule has 8 heteroatoms. The zero-order chi connectivity index (χ0) is 20.1. The van der Waals surface area contributed by atoms with Crippen molar-refractivity contribution in [3.05, 3.63) is 70.1 Å². The highest BCUT2D eigenvalue weighted by atomic mass is 32.2. The molecule has 142 valence electrons. The second-order valence-corrected chi connectivity index (χ2v) is 6.63. The normalized spacial score (nSPS) is 16.1. The average molecular weight is 396 g/mol. The molecule has 0 radical (unpaired) electrons. The Labute approximate surface area is 165 Å². The standard InChI is InChI=1S/C20H16N2O5S/c1-26-18(24)13-9-7-12(8-10-13)11-16-17(23)22-20(28-16)21-15-6-4-3-5-14(15)19(25)27-2/h3-11H,1-2H3,(H,21,22,23)/b16-11-. The number of amides is 1. The van der Waals surface area contributed by atoms with E-state index in [4.69, 9.17) is 4.74 Å². The molecule has 1 aliphatic rings. The van der Waals surface area contributed by atoms with E-state index in [1.54, 1.807) is 54.6 Å². The molecule has 0 unspecified atom stereocenters. The Kier molecular flexibility index (Phi) is 5.90. The van der Waals surface area contributed by atoms with E-state index in [-0.39, 0.29) is 5.91 Å². The number of methoxy groups -OCH3 is 2. The van der Waals surface area contributed by atoms with E-state index < -0.39 is 11.9 Å². The fourth-order valence-electron chi connectivity index (χ4n) is 2.43. The van der Waals surface area contributed by atoms with Crippen molar-refractivity contribution in [2.75, 3.05) is 14.2 Å². The van der Waals surface area contributed by atoms with E-state index in [1.165, 1.54) is 14.2 Å². The molecule has 3 rings (SSSR count). The highest BCUT2D eigenvalue weighted by molar-refractivity contribution is 8.18. The predicted octanol–water partition coefficient (Wildman–Crippen LogP) is 3.15. The van der Waals surface area contributed by atoms with Crippen molar-refractivity contribution < 1.29 is 23.9 Å². The zero-order valence-electron chi connectivity index (χ0n) is 15.1. The van der Waals surface area contributed by atoms with Gasteiger partial charge in [-0.15, -0.1) is 0 Å². The van der Waals surface area contributed by atoms with Gasteiger partial charge in [0.25, 0.3) is 5.91 Å². The summed E-state index contributed by atoms with van der Waals surface area (Å²) in [5, 5.41) is 3.04. The summed E-state index contributed by atoms with van der Waals surface area (Å²) in [6.07, 6.45) is 1.69. The second kappa shape index (κ2) is 8.53. The van der Waals surface area contributed by atoms with E-state index >= 15 is 0 Å². The number of rotatable bonds is 4. The van der Waals surface area contributed by atoms with Crippen molar-refractivity contribution in [3.8, 4) is 0 Å². The molecular weight excluding hydrogens is 380 g/mol. The van der Waals surface area contributed by atoms with Crippen LogP contribution in [0.5, 0.6) is 0 Å². The molecule has 2 aromatic rings. The summed E-state index contributed by atoms with van der Waals surface area (Å²) >= 11 is 1.16. The smallest absolute Gasteiger partial charge is 0.340 e. The van der Waals surface area contributed by atoms with Crippen molar-refractivity contribution in [2.24, 2.45) is 4.99 Å². The number of hydrogen-bond donors (Lipinski definition) is 1. The van der Waals surface area contributed by atoms with Gasteiger partial charge in [-0.05, 0) is 47.7 Å². The summed E-state index contributed by atoms with van der Waals surface area (Å²) in [7, 11) is 2.61. The number of carbonyl (C=O) groups is 3. The summed E-state index contributed by atoms with van der Waals surface area (Å²) in [4.78, 5) is 40.4. The first-order chi connectivity index (χ1) is 13.5. The number of nitrogens with one attached hydrogen (secondary N) is 1. The van der Waals surface area contributed by atoms with Gasteiger partial charge in [0, 0.05) is 0 Å². The molecule has 1 amide bonds. The maximum Gasteiger partial charge on any atom is 0.340 e. The van der Waals surface area contributed by atoms with Crippen molar-refractivity contribution >= 4 is 46.5 Å². The van der Waals surface area contributed by atoms with Crippen LogP contribution in [0.25, 0.3) is 6.08 Å². The fourth-order valence-corrected chi connectivity index (χ4v) is 3.26. The number of para-hydroxylation sites is 1. The Morgan fingerprint density at radius 2 is 1.68 bits per heavy atom. The molecule has 0 saturated carbocycles. The number of benzene rings is 2. The highest BCUT2D eigenvalue weighted by Crippen LogP contribution is 2.29. The molecule has 0 spiro atoms. The van der Waals surface area contributed by atoms with Crippen LogP contribution in [0.2, 0.25) is 0 Å². The van der Waals surface area contributed by atoms with Gasteiger partial charge in [-0.3, -0.25) is 4.79 Å². The van der Waals surface area contributed by atoms with Gasteiger partial charge in [0.1, 0.15) is 0 Å². The number of hydrogen-bond acceptors (Lipinski definition) is 7. The molecule has 0 aromatic heterocycles. The Bertz CT molecular complexity index is 996. The molecule has 1 fully saturated rings. The quantitative estimate of drug-likeness (QED) is 0.630. The third-order valence-corrected chi connectivity index (χ3v) is 4.72. The van der Waals surface area contributed by atoms with Gasteiger partial charge in [-0.1, -0.05) is 24.3 Å². The summed E-state index contributed by atoms with van der Waals surface area (Å²) in [5.74, 6) is -1.22. The van der Waals surface area contributed by atoms with Crippen LogP contribution in [0.15, 0.2) is 58.4 Å². The number of thioether (sulfide) groups is 1. The number of amidine groups is 1. The van der Waals surface area contributed by atoms with Crippen molar-refractivity contribution in [3.63, 3.8) is 0 Å². The van der Waals surface area contributed by atoms with Crippen LogP contribution in [0, 0.1) is 0 Å². The molecule has 1 heterocycles. The largest absolute Gasteiger partial charge is 0.465 e. The van der Waals surface area contributed by atoms with E-state index in [9.17, 15) is 14.4 Å². The Morgan fingerprint density at radius 1 is 1.00 bits per heavy atom. The first kappa shape index (κ1) is 19.4. The third-order valence-electron chi connectivity index (χ3n) is 3.81. The Hall–Kier alpha value is -3.39.